The summed E-state index contributed by atoms with van der Waals surface area (Å²) in [7, 11) is -0.879. The molecular formula is C20H32N2OS. The third-order valence-electron chi connectivity index (χ3n) is 5.68. The summed E-state index contributed by atoms with van der Waals surface area (Å²) in [5.74, 6) is 0.964. The van der Waals surface area contributed by atoms with Crippen molar-refractivity contribution in [1.82, 2.24) is 10.2 Å². The van der Waals surface area contributed by atoms with Crippen molar-refractivity contribution in [2.24, 2.45) is 5.92 Å². The number of hydrogen-bond donors (Lipinski definition) is 1. The first-order valence-corrected chi connectivity index (χ1v) is 11.1. The van der Waals surface area contributed by atoms with Gasteiger partial charge in [0.1, 0.15) is 0 Å². The number of nitrogens with one attached hydrogen (secondary N) is 1. The van der Waals surface area contributed by atoms with Gasteiger partial charge >= 0.3 is 0 Å². The van der Waals surface area contributed by atoms with Gasteiger partial charge in [-0.05, 0) is 62.4 Å². The molecule has 1 aliphatic carbocycles. The lowest BCUT2D eigenvalue weighted by molar-refractivity contribution is 0.155. The topological polar surface area (TPSA) is 32.3 Å². The predicted octanol–water partition coefficient (Wildman–Crippen LogP) is 3.56. The molecule has 3 rings (SSSR count). The minimum Gasteiger partial charge on any atom is -0.310 e. The monoisotopic (exact) mass is 348 g/mol. The van der Waals surface area contributed by atoms with Crippen LogP contribution in [0.15, 0.2) is 29.2 Å². The van der Waals surface area contributed by atoms with Crippen molar-refractivity contribution >= 4 is 10.8 Å². The molecule has 2 fully saturated rings. The Kier molecular flexibility index (Phi) is 6.87. The van der Waals surface area contributed by atoms with Gasteiger partial charge in [0.15, 0.2) is 0 Å². The molecule has 4 heteroatoms. The summed E-state index contributed by atoms with van der Waals surface area (Å²) in [6, 6.07) is 8.82. The van der Waals surface area contributed by atoms with Crippen LogP contribution in [0.5, 0.6) is 0 Å². The summed E-state index contributed by atoms with van der Waals surface area (Å²) >= 11 is 0. The molecule has 24 heavy (non-hydrogen) atoms. The second-order valence-corrected chi connectivity index (χ2v) is 8.94. The second-order valence-electron chi connectivity index (χ2n) is 7.56. The van der Waals surface area contributed by atoms with Crippen LogP contribution in [0.25, 0.3) is 0 Å². The molecule has 3 nitrogen and oxygen atoms in total. The Morgan fingerprint density at radius 2 is 1.71 bits per heavy atom. The molecule has 0 radical (unpaired) electrons. The van der Waals surface area contributed by atoms with E-state index in [-0.39, 0.29) is 0 Å². The molecule has 1 aromatic rings. The highest BCUT2D eigenvalue weighted by molar-refractivity contribution is 7.84. The van der Waals surface area contributed by atoms with Crippen LogP contribution >= 0.6 is 0 Å². The van der Waals surface area contributed by atoms with Crippen LogP contribution in [-0.4, -0.2) is 41.0 Å². The maximum atomic E-state index is 11.4. The molecule has 1 aliphatic heterocycles. The van der Waals surface area contributed by atoms with Gasteiger partial charge in [-0.1, -0.05) is 31.4 Å². The zero-order valence-corrected chi connectivity index (χ0v) is 15.8. The van der Waals surface area contributed by atoms with Crippen molar-refractivity contribution in [3.8, 4) is 0 Å². The van der Waals surface area contributed by atoms with E-state index in [1.165, 1.54) is 70.1 Å². The van der Waals surface area contributed by atoms with Crippen LogP contribution in [-0.2, 0) is 17.3 Å². The molecule has 0 aromatic heterocycles. The summed E-state index contributed by atoms with van der Waals surface area (Å²) in [6.07, 6.45) is 11.5. The molecule has 0 unspecified atom stereocenters. The quantitative estimate of drug-likeness (QED) is 0.853. The Labute approximate surface area is 149 Å². The van der Waals surface area contributed by atoms with E-state index in [1.807, 2.05) is 12.1 Å². The second kappa shape index (κ2) is 9.12. The molecule has 1 heterocycles. The maximum absolute atomic E-state index is 11.4. The molecule has 1 N–H and O–H groups in total. The van der Waals surface area contributed by atoms with Gasteiger partial charge in [-0.3, -0.25) is 4.21 Å². The summed E-state index contributed by atoms with van der Waals surface area (Å²) in [5, 5.41) is 3.71. The molecule has 1 aromatic carbocycles. The third-order valence-corrected chi connectivity index (χ3v) is 6.61. The van der Waals surface area contributed by atoms with Crippen molar-refractivity contribution in [2.75, 3.05) is 25.9 Å². The Bertz CT molecular complexity index is 517. The average molecular weight is 349 g/mol. The number of piperidine rings is 1. The van der Waals surface area contributed by atoms with Crippen molar-refractivity contribution in [3.05, 3.63) is 29.8 Å². The smallest absolute Gasteiger partial charge is 0.0498 e. The fourth-order valence-electron chi connectivity index (χ4n) is 4.12. The number of nitrogens with zero attached hydrogens (tertiary/aromatic N) is 1. The van der Waals surface area contributed by atoms with E-state index in [2.05, 4.69) is 22.3 Å². The molecule has 1 saturated carbocycles. The Balaban J connectivity index is 1.36. The van der Waals surface area contributed by atoms with Gasteiger partial charge < -0.3 is 10.2 Å². The van der Waals surface area contributed by atoms with Gasteiger partial charge in [-0.25, -0.2) is 0 Å². The van der Waals surface area contributed by atoms with Gasteiger partial charge in [-0.15, -0.1) is 0 Å². The first kappa shape index (κ1) is 18.1. The van der Waals surface area contributed by atoms with Crippen LogP contribution in [0.1, 0.15) is 50.5 Å². The van der Waals surface area contributed by atoms with Crippen LogP contribution in [0.3, 0.4) is 0 Å². The summed E-state index contributed by atoms with van der Waals surface area (Å²) < 4.78 is 11.4. The van der Waals surface area contributed by atoms with E-state index in [1.54, 1.807) is 6.26 Å². The molecule has 2 aliphatic rings. The van der Waals surface area contributed by atoms with E-state index in [0.29, 0.717) is 6.04 Å². The predicted molar refractivity (Wildman–Crippen MR) is 102 cm³/mol. The highest BCUT2D eigenvalue weighted by Gasteiger charge is 2.22. The van der Waals surface area contributed by atoms with Crippen LogP contribution in [0.2, 0.25) is 0 Å². The van der Waals surface area contributed by atoms with E-state index in [0.717, 1.165) is 17.4 Å². The number of likely N-dealkylation sites (tertiary alicyclic amines) is 1. The van der Waals surface area contributed by atoms with Gasteiger partial charge in [-0.2, -0.15) is 0 Å². The average Bonchev–Trinajstić information content (AvgIpc) is 2.62. The molecular weight excluding hydrogens is 316 g/mol. The molecule has 0 bridgehead atoms. The highest BCUT2D eigenvalue weighted by Crippen LogP contribution is 2.25. The SMILES string of the molecule is C[S@](=O)c1ccc(CNC2CCN(CC3CCCCC3)CC2)cc1. The highest BCUT2D eigenvalue weighted by atomic mass is 32.2. The van der Waals surface area contributed by atoms with Gasteiger partial charge in [0.2, 0.25) is 0 Å². The normalized spacial score (nSPS) is 22.5. The first-order chi connectivity index (χ1) is 11.7. The van der Waals surface area contributed by atoms with Gasteiger partial charge in [0.05, 0.1) is 0 Å². The van der Waals surface area contributed by atoms with Crippen LogP contribution < -0.4 is 5.32 Å². The summed E-state index contributed by atoms with van der Waals surface area (Å²) in [4.78, 5) is 3.61. The molecule has 1 saturated heterocycles. The number of hydrogen-bond acceptors (Lipinski definition) is 3. The van der Waals surface area contributed by atoms with Crippen molar-refractivity contribution < 1.29 is 4.21 Å². The van der Waals surface area contributed by atoms with Gasteiger partial charge in [0, 0.05) is 41.1 Å². The van der Waals surface area contributed by atoms with E-state index >= 15 is 0 Å². The van der Waals surface area contributed by atoms with E-state index in [9.17, 15) is 4.21 Å². The first-order valence-electron chi connectivity index (χ1n) is 9.59. The molecule has 0 amide bonds. The zero-order chi connectivity index (χ0) is 16.8. The molecule has 1 atom stereocenters. The lowest BCUT2D eigenvalue weighted by Crippen LogP contribution is -2.44. The fraction of sp³-hybridized carbons (Fsp3) is 0.700. The lowest BCUT2D eigenvalue weighted by Gasteiger charge is -2.35. The fourth-order valence-corrected chi connectivity index (χ4v) is 4.64. The Morgan fingerprint density at radius 3 is 2.33 bits per heavy atom. The van der Waals surface area contributed by atoms with E-state index in [4.69, 9.17) is 0 Å². The number of benzene rings is 1. The Morgan fingerprint density at radius 1 is 1.04 bits per heavy atom. The van der Waals surface area contributed by atoms with Crippen molar-refractivity contribution in [2.45, 2.75) is 62.4 Å². The Hall–Kier alpha value is -0.710. The third kappa shape index (κ3) is 5.40. The largest absolute Gasteiger partial charge is 0.310 e. The van der Waals surface area contributed by atoms with Crippen LogP contribution in [0.4, 0.5) is 0 Å². The number of rotatable bonds is 6. The molecule has 0 spiro atoms. The standard InChI is InChI=1S/C20H32N2OS/c1-24(23)20-9-7-17(8-10-20)15-21-19-11-13-22(14-12-19)16-18-5-3-2-4-6-18/h7-10,18-19,21H,2-6,11-16H2,1H3/t24-/m0/s1. The summed E-state index contributed by atoms with van der Waals surface area (Å²) in [6.45, 7) is 4.76. The van der Waals surface area contributed by atoms with E-state index < -0.39 is 10.8 Å². The van der Waals surface area contributed by atoms with Gasteiger partial charge in [0.25, 0.3) is 0 Å². The maximum Gasteiger partial charge on any atom is 0.0498 e. The van der Waals surface area contributed by atoms with Crippen molar-refractivity contribution in [3.63, 3.8) is 0 Å². The molecule has 134 valence electrons. The zero-order valence-electron chi connectivity index (χ0n) is 15.0. The minimum absolute atomic E-state index is 0.646. The van der Waals surface area contributed by atoms with Crippen molar-refractivity contribution in [1.29, 1.82) is 0 Å². The van der Waals surface area contributed by atoms with Crippen LogP contribution in [0, 0.1) is 5.92 Å². The minimum atomic E-state index is -0.879. The lowest BCUT2D eigenvalue weighted by atomic mass is 9.88. The summed E-state index contributed by atoms with van der Waals surface area (Å²) in [5.41, 5.74) is 1.29.